The van der Waals surface area contributed by atoms with Crippen molar-refractivity contribution in [1.82, 2.24) is 5.32 Å². The van der Waals surface area contributed by atoms with Gasteiger partial charge in [0.1, 0.15) is 12.4 Å². The maximum absolute atomic E-state index is 12.9. The Balaban J connectivity index is 1.88. The fourth-order valence-corrected chi connectivity index (χ4v) is 2.65. The number of halogens is 4. The topological polar surface area (TPSA) is 33.3 Å². The van der Waals surface area contributed by atoms with E-state index in [0.717, 1.165) is 17.4 Å². The first kappa shape index (κ1) is 20.3. The molecule has 0 fully saturated rings. The lowest BCUT2D eigenvalue weighted by Crippen LogP contribution is -2.39. The Hall–Kier alpha value is -1.99. The van der Waals surface area contributed by atoms with E-state index in [4.69, 9.17) is 28.6 Å². The van der Waals surface area contributed by atoms with Crippen LogP contribution < -0.4 is 15.4 Å². The van der Waals surface area contributed by atoms with E-state index in [2.05, 4.69) is 10.6 Å². The van der Waals surface area contributed by atoms with Gasteiger partial charge >= 0.3 is 6.18 Å². The summed E-state index contributed by atoms with van der Waals surface area (Å²) in [7, 11) is 0. The third-order valence-electron chi connectivity index (χ3n) is 3.43. The molecule has 140 valence electrons. The van der Waals surface area contributed by atoms with E-state index in [1.54, 1.807) is 0 Å². The summed E-state index contributed by atoms with van der Waals surface area (Å²) in [6.07, 6.45) is -4.53. The number of benzene rings is 2. The van der Waals surface area contributed by atoms with Crippen LogP contribution in [0.3, 0.4) is 0 Å². The zero-order valence-electron chi connectivity index (χ0n) is 14.2. The van der Waals surface area contributed by atoms with E-state index in [-0.39, 0.29) is 21.9 Å². The monoisotopic (exact) mass is 402 g/mol. The highest BCUT2D eigenvalue weighted by Gasteiger charge is 2.33. The minimum atomic E-state index is -4.53. The van der Waals surface area contributed by atoms with Crippen molar-refractivity contribution in [3.05, 3.63) is 58.6 Å². The molecule has 0 amide bonds. The third-order valence-corrected chi connectivity index (χ3v) is 3.98. The standard InChI is InChI=1S/C18H18ClF3N2OS/c1-11-3-6-14(7-4-11)25-10-12(2)23-17(26)24-13-5-8-16(19)15(9-13)18(20,21)22/h3-9,12H,10H2,1-2H3,(H2,23,24,26)/t12-/m0/s1. The van der Waals surface area contributed by atoms with Crippen LogP contribution in [0.2, 0.25) is 5.02 Å². The van der Waals surface area contributed by atoms with Crippen LogP contribution in [0.5, 0.6) is 5.75 Å². The number of hydrogen-bond acceptors (Lipinski definition) is 2. The molecule has 0 heterocycles. The van der Waals surface area contributed by atoms with Crippen LogP contribution in [0, 0.1) is 6.92 Å². The van der Waals surface area contributed by atoms with Gasteiger partial charge in [-0.25, -0.2) is 0 Å². The summed E-state index contributed by atoms with van der Waals surface area (Å²) in [5, 5.41) is 5.52. The second-order valence-corrected chi connectivity index (χ2v) is 6.63. The van der Waals surface area contributed by atoms with Gasteiger partial charge in [-0.05, 0) is 56.4 Å². The molecule has 2 N–H and O–H groups in total. The van der Waals surface area contributed by atoms with E-state index in [0.29, 0.717) is 6.61 Å². The first-order chi connectivity index (χ1) is 12.1. The summed E-state index contributed by atoms with van der Waals surface area (Å²) < 4.78 is 44.3. The van der Waals surface area contributed by atoms with Crippen LogP contribution in [-0.4, -0.2) is 17.8 Å². The summed E-state index contributed by atoms with van der Waals surface area (Å²) >= 11 is 10.7. The van der Waals surface area contributed by atoms with E-state index in [1.807, 2.05) is 38.1 Å². The molecular formula is C18H18ClF3N2OS. The van der Waals surface area contributed by atoms with Gasteiger partial charge in [-0.2, -0.15) is 13.2 Å². The Kier molecular flexibility index (Phi) is 6.72. The van der Waals surface area contributed by atoms with Crippen molar-refractivity contribution in [2.45, 2.75) is 26.1 Å². The molecule has 0 radical (unpaired) electrons. The van der Waals surface area contributed by atoms with Crippen LogP contribution in [0.4, 0.5) is 18.9 Å². The second-order valence-electron chi connectivity index (χ2n) is 5.82. The summed E-state index contributed by atoms with van der Waals surface area (Å²) in [5.74, 6) is 0.732. The highest BCUT2D eigenvalue weighted by Crippen LogP contribution is 2.36. The van der Waals surface area contributed by atoms with Crippen molar-refractivity contribution in [3.8, 4) is 5.75 Å². The quantitative estimate of drug-likeness (QED) is 0.654. The lowest BCUT2D eigenvalue weighted by atomic mass is 10.2. The second kappa shape index (κ2) is 8.60. The first-order valence-electron chi connectivity index (χ1n) is 7.79. The molecule has 0 aliphatic rings. The molecule has 8 heteroatoms. The van der Waals surface area contributed by atoms with Gasteiger partial charge in [0.05, 0.1) is 16.6 Å². The molecule has 0 unspecified atom stereocenters. The van der Waals surface area contributed by atoms with Crippen molar-refractivity contribution >= 4 is 34.6 Å². The van der Waals surface area contributed by atoms with Gasteiger partial charge in [0.2, 0.25) is 0 Å². The molecule has 0 saturated carbocycles. The van der Waals surface area contributed by atoms with Crippen LogP contribution in [-0.2, 0) is 6.18 Å². The first-order valence-corrected chi connectivity index (χ1v) is 8.57. The molecule has 0 aromatic heterocycles. The van der Waals surface area contributed by atoms with Crippen LogP contribution in [0.15, 0.2) is 42.5 Å². The number of hydrogen-bond donors (Lipinski definition) is 2. The average molecular weight is 403 g/mol. The molecule has 26 heavy (non-hydrogen) atoms. The SMILES string of the molecule is Cc1ccc(OC[C@H](C)NC(=S)Nc2ccc(Cl)c(C(F)(F)F)c2)cc1. The van der Waals surface area contributed by atoms with Gasteiger partial charge in [-0.3, -0.25) is 0 Å². The van der Waals surface area contributed by atoms with Gasteiger partial charge in [0.25, 0.3) is 0 Å². The number of ether oxygens (including phenoxy) is 1. The van der Waals surface area contributed by atoms with Gasteiger partial charge in [0, 0.05) is 5.69 Å². The van der Waals surface area contributed by atoms with Crippen molar-refractivity contribution in [2.75, 3.05) is 11.9 Å². The number of anilines is 1. The Bertz CT molecular complexity index is 766. The molecule has 3 nitrogen and oxygen atoms in total. The Labute approximate surface area is 160 Å². The number of thiocarbonyl (C=S) groups is 1. The predicted octanol–water partition coefficient (Wildman–Crippen LogP) is 5.42. The fraction of sp³-hybridized carbons (Fsp3) is 0.278. The summed E-state index contributed by atoms with van der Waals surface area (Å²) in [6.45, 7) is 4.18. The lowest BCUT2D eigenvalue weighted by molar-refractivity contribution is -0.137. The highest BCUT2D eigenvalue weighted by atomic mass is 35.5. The number of nitrogens with one attached hydrogen (secondary N) is 2. The van der Waals surface area contributed by atoms with Crippen molar-refractivity contribution in [3.63, 3.8) is 0 Å². The maximum Gasteiger partial charge on any atom is 0.417 e. The lowest BCUT2D eigenvalue weighted by Gasteiger charge is -2.18. The van der Waals surface area contributed by atoms with Crippen LogP contribution in [0.25, 0.3) is 0 Å². The molecule has 0 bridgehead atoms. The van der Waals surface area contributed by atoms with Crippen molar-refractivity contribution < 1.29 is 17.9 Å². The van der Waals surface area contributed by atoms with Crippen LogP contribution >= 0.6 is 23.8 Å². The Morgan fingerprint density at radius 3 is 2.46 bits per heavy atom. The molecule has 0 saturated heterocycles. The Morgan fingerprint density at radius 2 is 1.85 bits per heavy atom. The number of aryl methyl sites for hydroxylation is 1. The van der Waals surface area contributed by atoms with Crippen LogP contribution in [0.1, 0.15) is 18.1 Å². The summed E-state index contributed by atoms with van der Waals surface area (Å²) in [6, 6.07) is 11.0. The minimum absolute atomic E-state index is 0.148. The molecule has 1 atom stereocenters. The molecule has 2 aromatic rings. The molecular weight excluding hydrogens is 385 g/mol. The largest absolute Gasteiger partial charge is 0.491 e. The molecule has 0 aliphatic carbocycles. The Morgan fingerprint density at radius 1 is 1.19 bits per heavy atom. The van der Waals surface area contributed by atoms with Gasteiger partial charge in [0.15, 0.2) is 5.11 Å². The average Bonchev–Trinajstić information content (AvgIpc) is 2.55. The number of alkyl halides is 3. The predicted molar refractivity (Wildman–Crippen MR) is 102 cm³/mol. The fourth-order valence-electron chi connectivity index (χ4n) is 2.11. The minimum Gasteiger partial charge on any atom is -0.491 e. The summed E-state index contributed by atoms with van der Waals surface area (Å²) in [4.78, 5) is 0. The highest BCUT2D eigenvalue weighted by molar-refractivity contribution is 7.80. The van der Waals surface area contributed by atoms with Gasteiger partial charge < -0.3 is 15.4 Å². The van der Waals surface area contributed by atoms with Gasteiger partial charge in [-0.15, -0.1) is 0 Å². The smallest absolute Gasteiger partial charge is 0.417 e. The molecule has 2 aromatic carbocycles. The van der Waals surface area contributed by atoms with E-state index < -0.39 is 11.7 Å². The van der Waals surface area contributed by atoms with E-state index in [1.165, 1.54) is 12.1 Å². The third kappa shape index (κ3) is 6.07. The maximum atomic E-state index is 12.9. The van der Waals surface area contributed by atoms with Crippen molar-refractivity contribution in [2.24, 2.45) is 0 Å². The summed E-state index contributed by atoms with van der Waals surface area (Å²) in [5.41, 5.74) is 0.420. The zero-order chi connectivity index (χ0) is 19.3. The molecule has 2 rings (SSSR count). The number of rotatable bonds is 5. The molecule has 0 aliphatic heterocycles. The van der Waals surface area contributed by atoms with Gasteiger partial charge in [-0.1, -0.05) is 29.3 Å². The zero-order valence-corrected chi connectivity index (χ0v) is 15.7. The van der Waals surface area contributed by atoms with E-state index >= 15 is 0 Å². The van der Waals surface area contributed by atoms with Crippen molar-refractivity contribution in [1.29, 1.82) is 0 Å². The molecule has 0 spiro atoms. The van der Waals surface area contributed by atoms with E-state index in [9.17, 15) is 13.2 Å². The normalized spacial score (nSPS) is 12.4.